The molecule has 0 fully saturated rings. The minimum Gasteiger partial charge on any atom is -0.508 e. The maximum absolute atomic E-state index is 13.4. The van der Waals surface area contributed by atoms with Gasteiger partial charge in [-0.3, -0.25) is 4.79 Å². The van der Waals surface area contributed by atoms with Crippen LogP contribution in [0.5, 0.6) is 5.75 Å². The summed E-state index contributed by atoms with van der Waals surface area (Å²) in [4.78, 5) is 19.4. The Labute approximate surface area is 187 Å². The summed E-state index contributed by atoms with van der Waals surface area (Å²) < 4.78 is 0. The highest BCUT2D eigenvalue weighted by Gasteiger charge is 2.24. The molecule has 4 nitrogen and oxygen atoms in total. The molecule has 0 radical (unpaired) electrons. The van der Waals surface area contributed by atoms with E-state index in [0.29, 0.717) is 5.56 Å². The monoisotopic (exact) mass is 432 g/mol. The molecular formula is C26H28N2O2S. The first-order chi connectivity index (χ1) is 15.0. The minimum atomic E-state index is -0.0932. The third-order valence-corrected chi connectivity index (χ3v) is 7.05. The smallest absolute Gasteiger partial charge is 0.259 e. The number of hydrogen-bond acceptors (Lipinski definition) is 4. The molecule has 1 aromatic heterocycles. The molecule has 5 heteroatoms. The van der Waals surface area contributed by atoms with E-state index in [0.717, 1.165) is 53.1 Å². The van der Waals surface area contributed by atoms with Crippen LogP contribution in [0.1, 0.15) is 63.2 Å². The van der Waals surface area contributed by atoms with Gasteiger partial charge in [0, 0.05) is 16.8 Å². The standard InChI is InChI=1S/C26H28N2O2S/c1-17-12-13-20(14-18(17)2)28-25(30)24-22-10-5-3-4-6-11-23(22)31-26(24)27-16-19-8-7-9-21(29)15-19/h7-9,12-16,29H,3-6,10-11H2,1-2H3,(H,28,30). The number of carbonyl (C=O) groups is 1. The van der Waals surface area contributed by atoms with Crippen molar-refractivity contribution in [1.82, 2.24) is 0 Å². The molecule has 0 bridgehead atoms. The van der Waals surface area contributed by atoms with Gasteiger partial charge in [-0.1, -0.05) is 31.0 Å². The van der Waals surface area contributed by atoms with Gasteiger partial charge in [-0.25, -0.2) is 4.99 Å². The van der Waals surface area contributed by atoms with Gasteiger partial charge in [-0.05, 0) is 86.1 Å². The van der Waals surface area contributed by atoms with Crippen LogP contribution in [0.3, 0.4) is 0 Å². The molecule has 0 spiro atoms. The zero-order valence-electron chi connectivity index (χ0n) is 18.1. The summed E-state index contributed by atoms with van der Waals surface area (Å²) in [5, 5.41) is 13.6. The van der Waals surface area contributed by atoms with Crippen molar-refractivity contribution in [3.05, 3.63) is 75.2 Å². The van der Waals surface area contributed by atoms with E-state index in [9.17, 15) is 9.90 Å². The van der Waals surface area contributed by atoms with Gasteiger partial charge < -0.3 is 10.4 Å². The summed E-state index contributed by atoms with van der Waals surface area (Å²) in [7, 11) is 0. The van der Waals surface area contributed by atoms with E-state index in [1.807, 2.05) is 24.3 Å². The lowest BCUT2D eigenvalue weighted by Crippen LogP contribution is -2.14. The van der Waals surface area contributed by atoms with E-state index in [-0.39, 0.29) is 11.7 Å². The van der Waals surface area contributed by atoms with Crippen molar-refractivity contribution in [2.24, 2.45) is 4.99 Å². The number of fused-ring (bicyclic) bond motifs is 1. The summed E-state index contributed by atoms with van der Waals surface area (Å²) >= 11 is 1.63. The minimum absolute atomic E-state index is 0.0932. The SMILES string of the molecule is Cc1ccc(NC(=O)c2c(N=Cc3cccc(O)c3)sc3c2CCCCCC3)cc1C. The summed E-state index contributed by atoms with van der Waals surface area (Å²) in [6.45, 7) is 4.12. The fraction of sp³-hybridized carbons (Fsp3) is 0.308. The second kappa shape index (κ2) is 9.48. The van der Waals surface area contributed by atoms with Crippen LogP contribution < -0.4 is 5.32 Å². The van der Waals surface area contributed by atoms with Crippen molar-refractivity contribution in [2.45, 2.75) is 52.4 Å². The second-order valence-corrected chi connectivity index (χ2v) is 9.29. The first-order valence-electron chi connectivity index (χ1n) is 10.9. The van der Waals surface area contributed by atoms with Crippen molar-refractivity contribution in [1.29, 1.82) is 0 Å². The third kappa shape index (κ3) is 5.05. The van der Waals surface area contributed by atoms with E-state index >= 15 is 0 Å². The number of phenols is 1. The number of aromatic hydroxyl groups is 1. The van der Waals surface area contributed by atoms with E-state index < -0.39 is 0 Å². The van der Waals surface area contributed by atoms with Crippen molar-refractivity contribution in [3.8, 4) is 5.75 Å². The fourth-order valence-corrected chi connectivity index (χ4v) is 5.21. The number of benzene rings is 2. The van der Waals surface area contributed by atoms with Gasteiger partial charge in [0.2, 0.25) is 0 Å². The summed E-state index contributed by atoms with van der Waals surface area (Å²) in [6, 6.07) is 13.0. The molecule has 1 aliphatic rings. The normalized spacial score (nSPS) is 14.1. The number of carbonyl (C=O) groups excluding carboxylic acids is 1. The number of rotatable bonds is 4. The van der Waals surface area contributed by atoms with Crippen molar-refractivity contribution < 1.29 is 9.90 Å². The Bertz CT molecular complexity index is 1130. The van der Waals surface area contributed by atoms with Gasteiger partial charge in [-0.2, -0.15) is 0 Å². The van der Waals surface area contributed by atoms with Gasteiger partial charge in [0.15, 0.2) is 0 Å². The molecule has 2 N–H and O–H groups in total. The Kier molecular flexibility index (Phi) is 6.52. The van der Waals surface area contributed by atoms with Gasteiger partial charge >= 0.3 is 0 Å². The third-order valence-electron chi connectivity index (χ3n) is 5.85. The van der Waals surface area contributed by atoms with Crippen molar-refractivity contribution in [3.63, 3.8) is 0 Å². The van der Waals surface area contributed by atoms with Crippen molar-refractivity contribution in [2.75, 3.05) is 5.32 Å². The van der Waals surface area contributed by atoms with Gasteiger partial charge in [-0.15, -0.1) is 11.3 Å². The van der Waals surface area contributed by atoms with Crippen LogP contribution in [0.4, 0.5) is 10.7 Å². The van der Waals surface area contributed by atoms with E-state index in [4.69, 9.17) is 4.99 Å². The van der Waals surface area contributed by atoms with Crippen LogP contribution >= 0.6 is 11.3 Å². The predicted octanol–water partition coefficient (Wildman–Crippen LogP) is 6.73. The fourth-order valence-electron chi connectivity index (χ4n) is 3.98. The number of anilines is 1. The molecule has 31 heavy (non-hydrogen) atoms. The van der Waals surface area contributed by atoms with Gasteiger partial charge in [0.05, 0.1) is 5.56 Å². The molecule has 1 heterocycles. The van der Waals surface area contributed by atoms with Crippen molar-refractivity contribution >= 4 is 34.1 Å². The molecule has 3 aromatic rings. The molecule has 1 amide bonds. The number of nitrogens with one attached hydrogen (secondary N) is 1. The molecule has 0 atom stereocenters. The van der Waals surface area contributed by atoms with E-state index in [2.05, 4.69) is 19.2 Å². The number of hydrogen-bond donors (Lipinski definition) is 2. The topological polar surface area (TPSA) is 61.7 Å². The Morgan fingerprint density at radius 1 is 1.03 bits per heavy atom. The lowest BCUT2D eigenvalue weighted by Gasteiger charge is -2.12. The number of nitrogens with zero attached hydrogens (tertiary/aromatic N) is 1. The van der Waals surface area contributed by atoms with E-state index in [1.54, 1.807) is 35.8 Å². The number of thiophene rings is 1. The Hall–Kier alpha value is -2.92. The average molecular weight is 433 g/mol. The zero-order valence-corrected chi connectivity index (χ0v) is 18.9. The predicted molar refractivity (Wildman–Crippen MR) is 129 cm³/mol. The molecule has 4 rings (SSSR count). The highest BCUT2D eigenvalue weighted by atomic mass is 32.1. The van der Waals surface area contributed by atoms with E-state index in [1.165, 1.54) is 23.3 Å². The first-order valence-corrected chi connectivity index (χ1v) is 11.7. The number of aliphatic imine (C=N–C) groups is 1. The van der Waals surface area contributed by atoms with Crippen LogP contribution in [0.25, 0.3) is 0 Å². The molecule has 0 unspecified atom stereocenters. The Balaban J connectivity index is 1.70. The Morgan fingerprint density at radius 2 is 1.84 bits per heavy atom. The summed E-state index contributed by atoms with van der Waals surface area (Å²) in [6.07, 6.45) is 8.35. The molecule has 1 aliphatic carbocycles. The van der Waals surface area contributed by atoms with Crippen LogP contribution in [0.2, 0.25) is 0 Å². The largest absolute Gasteiger partial charge is 0.508 e. The molecule has 0 saturated carbocycles. The first kappa shape index (κ1) is 21.3. The van der Waals surface area contributed by atoms with Gasteiger partial charge in [0.25, 0.3) is 5.91 Å². The number of aryl methyl sites for hydroxylation is 3. The van der Waals surface area contributed by atoms with Gasteiger partial charge in [0.1, 0.15) is 10.8 Å². The molecule has 0 aliphatic heterocycles. The number of amides is 1. The van der Waals surface area contributed by atoms with Crippen LogP contribution in [0, 0.1) is 13.8 Å². The average Bonchev–Trinajstić information content (AvgIpc) is 3.06. The highest BCUT2D eigenvalue weighted by Crippen LogP contribution is 2.39. The summed E-state index contributed by atoms with van der Waals surface area (Å²) in [5.74, 6) is 0.111. The second-order valence-electron chi connectivity index (χ2n) is 8.20. The van der Waals surface area contributed by atoms with Crippen LogP contribution in [-0.4, -0.2) is 17.2 Å². The quantitative estimate of drug-likeness (QED) is 0.449. The summed E-state index contributed by atoms with van der Waals surface area (Å²) in [5.41, 5.74) is 5.84. The molecule has 2 aromatic carbocycles. The van der Waals surface area contributed by atoms with Crippen LogP contribution in [0.15, 0.2) is 47.5 Å². The number of phenolic OH excluding ortho intramolecular Hbond substituents is 1. The molecular weight excluding hydrogens is 404 g/mol. The highest BCUT2D eigenvalue weighted by molar-refractivity contribution is 7.16. The maximum atomic E-state index is 13.4. The van der Waals surface area contributed by atoms with Crippen LogP contribution in [-0.2, 0) is 12.8 Å². The lowest BCUT2D eigenvalue weighted by molar-refractivity contribution is 0.102. The maximum Gasteiger partial charge on any atom is 0.259 e. The zero-order chi connectivity index (χ0) is 21.8. The Morgan fingerprint density at radius 3 is 2.61 bits per heavy atom. The molecule has 0 saturated heterocycles. The lowest BCUT2D eigenvalue weighted by atomic mass is 9.96. The molecule has 160 valence electrons.